The highest BCUT2D eigenvalue weighted by Gasteiger charge is 2.14. The van der Waals surface area contributed by atoms with Crippen molar-refractivity contribution in [2.75, 3.05) is 13.2 Å². The Bertz CT molecular complexity index is 213. The number of aliphatic hydroxyl groups is 2. The topological polar surface area (TPSA) is 93.1 Å². The lowest BCUT2D eigenvalue weighted by Gasteiger charge is -2.14. The second-order valence-corrected chi connectivity index (χ2v) is 3.15. The molecule has 0 radical (unpaired) electrons. The maximum absolute atomic E-state index is 11.0. The van der Waals surface area contributed by atoms with Gasteiger partial charge in [0.25, 0.3) is 0 Å². The van der Waals surface area contributed by atoms with Gasteiger partial charge in [0.15, 0.2) is 6.10 Å². The van der Waals surface area contributed by atoms with Crippen molar-refractivity contribution >= 4 is 11.9 Å². The zero-order valence-corrected chi connectivity index (χ0v) is 8.80. The van der Waals surface area contributed by atoms with E-state index in [4.69, 9.17) is 10.2 Å². The van der Waals surface area contributed by atoms with Gasteiger partial charge in [0.1, 0.15) is 6.61 Å². The van der Waals surface area contributed by atoms with Crippen LogP contribution in [0.4, 0.5) is 0 Å². The predicted octanol–water partition coefficient (Wildman–Crippen LogP) is -0.776. The van der Waals surface area contributed by atoms with Gasteiger partial charge in [-0.2, -0.15) is 0 Å². The van der Waals surface area contributed by atoms with Gasteiger partial charge >= 0.3 is 11.9 Å². The van der Waals surface area contributed by atoms with Crippen LogP contribution in [0.3, 0.4) is 0 Å². The second kappa shape index (κ2) is 7.19. The maximum atomic E-state index is 11.0. The molecule has 0 amide bonds. The highest BCUT2D eigenvalue weighted by Crippen LogP contribution is 1.97. The minimum atomic E-state index is -0.847. The van der Waals surface area contributed by atoms with Gasteiger partial charge in [-0.25, -0.2) is 0 Å². The number of carbonyl (C=O) groups is 2. The number of rotatable bonds is 6. The van der Waals surface area contributed by atoms with E-state index in [1.807, 2.05) is 0 Å². The molecule has 0 aromatic heterocycles. The predicted molar refractivity (Wildman–Crippen MR) is 49.9 cm³/mol. The summed E-state index contributed by atoms with van der Waals surface area (Å²) < 4.78 is 9.30. The lowest BCUT2D eigenvalue weighted by atomic mass is 10.3. The monoisotopic (exact) mass is 220 g/mol. The summed E-state index contributed by atoms with van der Waals surface area (Å²) in [6, 6.07) is 0. The molecule has 0 bridgehead atoms. The van der Waals surface area contributed by atoms with Crippen molar-refractivity contribution in [3.8, 4) is 0 Å². The van der Waals surface area contributed by atoms with Crippen molar-refractivity contribution in [2.24, 2.45) is 0 Å². The molecule has 0 fully saturated rings. The zero-order chi connectivity index (χ0) is 11.8. The van der Waals surface area contributed by atoms with E-state index in [0.29, 0.717) is 0 Å². The van der Waals surface area contributed by atoms with E-state index in [-0.39, 0.29) is 13.0 Å². The standard InChI is InChI=1S/C9H16O6/c1-6(11)3-9(13)14-5-8(4-10)15-7(2)12/h6,8,10-11H,3-5H2,1-2H3. The van der Waals surface area contributed by atoms with Crippen LogP contribution in [-0.4, -0.2) is 47.6 Å². The molecule has 0 rings (SSSR count). The Labute approximate surface area is 87.8 Å². The van der Waals surface area contributed by atoms with Crippen molar-refractivity contribution in [3.63, 3.8) is 0 Å². The van der Waals surface area contributed by atoms with E-state index in [0.717, 1.165) is 0 Å². The largest absolute Gasteiger partial charge is 0.462 e. The van der Waals surface area contributed by atoms with Crippen molar-refractivity contribution in [3.05, 3.63) is 0 Å². The molecule has 2 unspecified atom stereocenters. The summed E-state index contributed by atoms with van der Waals surface area (Å²) in [4.78, 5) is 21.5. The van der Waals surface area contributed by atoms with Gasteiger partial charge in [0.2, 0.25) is 0 Å². The number of ether oxygens (including phenoxy) is 2. The summed E-state index contributed by atoms with van der Waals surface area (Å²) in [7, 11) is 0. The van der Waals surface area contributed by atoms with E-state index in [2.05, 4.69) is 9.47 Å². The van der Waals surface area contributed by atoms with Crippen LogP contribution >= 0.6 is 0 Å². The second-order valence-electron chi connectivity index (χ2n) is 3.15. The molecule has 2 atom stereocenters. The lowest BCUT2D eigenvalue weighted by molar-refractivity contribution is -0.160. The van der Waals surface area contributed by atoms with Gasteiger partial charge in [-0.3, -0.25) is 9.59 Å². The summed E-state index contributed by atoms with van der Waals surface area (Å²) in [5, 5.41) is 17.6. The van der Waals surface area contributed by atoms with Crippen LogP contribution in [0, 0.1) is 0 Å². The van der Waals surface area contributed by atoms with Crippen LogP contribution in [0.1, 0.15) is 20.3 Å². The van der Waals surface area contributed by atoms with Gasteiger partial charge in [0, 0.05) is 6.92 Å². The third-order valence-electron chi connectivity index (χ3n) is 1.43. The molecule has 0 aromatic carbocycles. The molecule has 0 saturated heterocycles. The molecule has 0 spiro atoms. The number of aliphatic hydroxyl groups excluding tert-OH is 2. The highest BCUT2D eigenvalue weighted by molar-refractivity contribution is 5.70. The van der Waals surface area contributed by atoms with Crippen LogP contribution in [0.2, 0.25) is 0 Å². The van der Waals surface area contributed by atoms with Gasteiger partial charge in [-0.15, -0.1) is 0 Å². The molecule has 0 aromatic rings. The average molecular weight is 220 g/mol. The van der Waals surface area contributed by atoms with E-state index in [9.17, 15) is 9.59 Å². The third-order valence-corrected chi connectivity index (χ3v) is 1.43. The SMILES string of the molecule is CC(=O)OC(CO)COC(=O)CC(C)O. The van der Waals surface area contributed by atoms with Crippen LogP contribution in [0.15, 0.2) is 0 Å². The quantitative estimate of drug-likeness (QED) is 0.571. The van der Waals surface area contributed by atoms with Crippen molar-refractivity contribution in [2.45, 2.75) is 32.5 Å². The first-order valence-electron chi connectivity index (χ1n) is 4.57. The molecule has 88 valence electrons. The van der Waals surface area contributed by atoms with Crippen molar-refractivity contribution < 1.29 is 29.3 Å². The average Bonchev–Trinajstić information content (AvgIpc) is 2.10. The Hall–Kier alpha value is -1.14. The molecule has 0 aliphatic carbocycles. The minimum absolute atomic E-state index is 0.127. The smallest absolute Gasteiger partial charge is 0.308 e. The van der Waals surface area contributed by atoms with E-state index >= 15 is 0 Å². The van der Waals surface area contributed by atoms with Gasteiger partial charge in [-0.05, 0) is 6.92 Å². The lowest BCUT2D eigenvalue weighted by Crippen LogP contribution is -2.28. The Morgan fingerprint density at radius 1 is 1.40 bits per heavy atom. The van der Waals surface area contributed by atoms with Gasteiger partial charge in [-0.1, -0.05) is 0 Å². The molecule has 0 saturated carbocycles. The van der Waals surface area contributed by atoms with Crippen molar-refractivity contribution in [1.82, 2.24) is 0 Å². The molecular weight excluding hydrogens is 204 g/mol. The molecule has 0 aliphatic rings. The number of hydrogen-bond acceptors (Lipinski definition) is 6. The summed E-state index contributed by atoms with van der Waals surface area (Å²) in [5.41, 5.74) is 0. The summed E-state index contributed by atoms with van der Waals surface area (Å²) in [6.45, 7) is 2.03. The number of carbonyl (C=O) groups excluding carboxylic acids is 2. The molecule has 0 heterocycles. The zero-order valence-electron chi connectivity index (χ0n) is 8.80. The minimum Gasteiger partial charge on any atom is -0.462 e. The highest BCUT2D eigenvalue weighted by atomic mass is 16.6. The molecule has 15 heavy (non-hydrogen) atoms. The fourth-order valence-corrected chi connectivity index (χ4v) is 0.845. The molecule has 0 aliphatic heterocycles. The number of esters is 2. The summed E-state index contributed by atoms with van der Waals surface area (Å²) in [6.07, 6.45) is -1.75. The third kappa shape index (κ3) is 7.90. The van der Waals surface area contributed by atoms with Gasteiger partial charge in [0.05, 0.1) is 19.1 Å². The Morgan fingerprint density at radius 2 is 2.00 bits per heavy atom. The number of hydrogen-bond donors (Lipinski definition) is 2. The Kier molecular flexibility index (Phi) is 6.64. The van der Waals surface area contributed by atoms with Crippen molar-refractivity contribution in [1.29, 1.82) is 0 Å². The first-order chi connectivity index (χ1) is 6.95. The molecular formula is C9H16O6. The van der Waals surface area contributed by atoms with Crippen LogP contribution < -0.4 is 0 Å². The maximum Gasteiger partial charge on any atom is 0.308 e. The van der Waals surface area contributed by atoms with Crippen LogP contribution in [0.25, 0.3) is 0 Å². The first kappa shape index (κ1) is 13.9. The summed E-state index contributed by atoms with van der Waals surface area (Å²) >= 11 is 0. The van der Waals surface area contributed by atoms with E-state index in [1.165, 1.54) is 13.8 Å². The van der Waals surface area contributed by atoms with E-state index in [1.54, 1.807) is 0 Å². The normalized spacial score (nSPS) is 14.1. The molecule has 2 N–H and O–H groups in total. The van der Waals surface area contributed by atoms with Gasteiger partial charge < -0.3 is 19.7 Å². The van der Waals surface area contributed by atoms with Crippen LogP contribution in [0.5, 0.6) is 0 Å². The van der Waals surface area contributed by atoms with E-state index < -0.39 is 30.8 Å². The van der Waals surface area contributed by atoms with Crippen LogP contribution in [-0.2, 0) is 19.1 Å². The fraction of sp³-hybridized carbons (Fsp3) is 0.778. The first-order valence-corrected chi connectivity index (χ1v) is 4.57. The Morgan fingerprint density at radius 3 is 2.40 bits per heavy atom. The Balaban J connectivity index is 3.79. The summed E-state index contributed by atoms with van der Waals surface area (Å²) in [5.74, 6) is -1.16. The molecule has 6 nitrogen and oxygen atoms in total. The fourth-order valence-electron chi connectivity index (χ4n) is 0.845. The molecule has 6 heteroatoms.